The second kappa shape index (κ2) is 23.2. The summed E-state index contributed by atoms with van der Waals surface area (Å²) in [5.41, 5.74) is -0.133. The minimum atomic E-state index is -3.04. The van der Waals surface area contributed by atoms with Crippen LogP contribution in [0, 0.1) is 5.92 Å². The second-order valence-corrected chi connectivity index (χ2v) is 28.7. The molecule has 5 aromatic carbocycles. The zero-order valence-corrected chi connectivity index (χ0v) is 42.1. The Morgan fingerprint density at radius 3 is 1.46 bits per heavy atom. The van der Waals surface area contributed by atoms with Gasteiger partial charge in [0.2, 0.25) is 0 Å². The smallest absolute Gasteiger partial charge is 0.261 e. The Kier molecular flexibility index (Phi) is 18.0. The number of aliphatic hydroxyl groups excluding tert-OH is 1. The lowest BCUT2D eigenvalue weighted by Crippen LogP contribution is -2.68. The molecule has 6 rings (SSSR count). The molecule has 8 heteroatoms. The SMILES string of the molecule is CC(C)(C)[Si](OCC[C@@](O)(CO[Si](c1ccccc1)(c1ccccc1)C(C)(C)C)[C@H](/C=C/CCCCCCC1(CCc2ccccc2)OCCO1)CO)(c1ccccc1)c1ccccc1. The number of aryl methyl sites for hydroxylation is 1. The highest BCUT2D eigenvalue weighted by Gasteiger charge is 2.53. The first-order valence-corrected chi connectivity index (χ1v) is 27.9. The van der Waals surface area contributed by atoms with Crippen LogP contribution in [-0.4, -0.2) is 71.3 Å². The van der Waals surface area contributed by atoms with Gasteiger partial charge in [0.1, 0.15) is 0 Å². The van der Waals surface area contributed by atoms with Gasteiger partial charge in [0.05, 0.1) is 32.0 Å². The lowest BCUT2D eigenvalue weighted by molar-refractivity contribution is -0.167. The summed E-state index contributed by atoms with van der Waals surface area (Å²) in [5.74, 6) is -1.06. The van der Waals surface area contributed by atoms with E-state index in [1.807, 2.05) is 18.2 Å². The first kappa shape index (κ1) is 50.4. The summed E-state index contributed by atoms with van der Waals surface area (Å²) < 4.78 is 27.3. The van der Waals surface area contributed by atoms with Crippen LogP contribution >= 0.6 is 0 Å². The monoisotopic (exact) mass is 913 g/mol. The minimum absolute atomic E-state index is 0.0378. The maximum absolute atomic E-state index is 13.2. The molecule has 65 heavy (non-hydrogen) atoms. The predicted molar refractivity (Wildman–Crippen MR) is 274 cm³/mol. The maximum Gasteiger partial charge on any atom is 0.261 e. The fourth-order valence-electron chi connectivity index (χ4n) is 10.1. The predicted octanol–water partition coefficient (Wildman–Crippen LogP) is 10.1. The quantitative estimate of drug-likeness (QED) is 0.0365. The minimum Gasteiger partial charge on any atom is -0.407 e. The van der Waals surface area contributed by atoms with E-state index in [1.54, 1.807) is 0 Å². The standard InChI is InChI=1S/C57H76O6Si2/c1-54(2,3)64(50-31-19-12-20-32-50,51-33-21-13-22-34-51)62-43-42-56(59,47-63-65(55(4,5)6,52-35-23-14-24-36-52)53-37-25-15-26-38-53)49(46-58)30-18-9-7-8-10-27-40-57(60-44-45-61-57)41-39-48-28-16-11-17-29-48/h11-26,28-38,49,58-59H,7-10,27,39-47H2,1-6H3/b30-18+/t49-,56-/m1/s1. The van der Waals surface area contributed by atoms with Gasteiger partial charge in [-0.3, -0.25) is 0 Å². The van der Waals surface area contributed by atoms with Crippen LogP contribution in [0.4, 0.5) is 0 Å². The van der Waals surface area contributed by atoms with E-state index >= 15 is 0 Å². The number of allylic oxidation sites excluding steroid dienone is 1. The van der Waals surface area contributed by atoms with E-state index in [9.17, 15) is 10.2 Å². The Balaban J connectivity index is 1.22. The van der Waals surface area contributed by atoms with Gasteiger partial charge in [0.25, 0.3) is 16.6 Å². The van der Waals surface area contributed by atoms with Crippen LogP contribution in [-0.2, 0) is 24.7 Å². The van der Waals surface area contributed by atoms with E-state index < -0.39 is 33.9 Å². The van der Waals surface area contributed by atoms with E-state index in [0.717, 1.165) is 61.7 Å². The largest absolute Gasteiger partial charge is 0.407 e. The fourth-order valence-corrected chi connectivity index (χ4v) is 19.3. The van der Waals surface area contributed by atoms with E-state index in [4.69, 9.17) is 18.3 Å². The van der Waals surface area contributed by atoms with Crippen molar-refractivity contribution >= 4 is 37.4 Å². The van der Waals surface area contributed by atoms with Crippen LogP contribution < -0.4 is 20.7 Å². The molecule has 1 saturated heterocycles. The highest BCUT2D eigenvalue weighted by Crippen LogP contribution is 2.40. The van der Waals surface area contributed by atoms with Gasteiger partial charge in [-0.1, -0.05) is 218 Å². The van der Waals surface area contributed by atoms with Gasteiger partial charge >= 0.3 is 0 Å². The van der Waals surface area contributed by atoms with Crippen molar-refractivity contribution in [2.24, 2.45) is 5.92 Å². The van der Waals surface area contributed by atoms with Crippen molar-refractivity contribution in [1.29, 1.82) is 0 Å². The third kappa shape index (κ3) is 12.3. The summed E-state index contributed by atoms with van der Waals surface area (Å²) in [6.45, 7) is 15.0. The molecular formula is C57H76O6Si2. The highest BCUT2D eigenvalue weighted by molar-refractivity contribution is 7.00. The Morgan fingerprint density at radius 2 is 1.02 bits per heavy atom. The number of unbranched alkanes of at least 4 members (excludes halogenated alkanes) is 4. The third-order valence-electron chi connectivity index (χ3n) is 13.6. The van der Waals surface area contributed by atoms with Crippen LogP contribution in [0.2, 0.25) is 10.1 Å². The molecule has 0 aliphatic carbocycles. The Bertz CT molecular complexity index is 2050. The summed E-state index contributed by atoms with van der Waals surface area (Å²) >= 11 is 0. The number of hydrogen-bond donors (Lipinski definition) is 2. The van der Waals surface area contributed by atoms with Crippen molar-refractivity contribution in [2.75, 3.05) is 33.0 Å². The van der Waals surface area contributed by atoms with Crippen LogP contribution in [0.15, 0.2) is 164 Å². The van der Waals surface area contributed by atoms with Crippen LogP contribution in [0.25, 0.3) is 0 Å². The average Bonchev–Trinajstić information content (AvgIpc) is 3.79. The average molecular weight is 913 g/mol. The Hall–Kier alpha value is -3.97. The van der Waals surface area contributed by atoms with Gasteiger partial charge in [-0.2, -0.15) is 0 Å². The zero-order valence-electron chi connectivity index (χ0n) is 40.1. The molecule has 6 nitrogen and oxygen atoms in total. The van der Waals surface area contributed by atoms with Gasteiger partial charge in [-0.05, 0) is 62.1 Å². The first-order chi connectivity index (χ1) is 31.3. The molecule has 2 N–H and O–H groups in total. The Labute approximate surface area is 393 Å². The first-order valence-electron chi connectivity index (χ1n) is 24.1. The molecule has 0 radical (unpaired) electrons. The lowest BCUT2D eigenvalue weighted by atomic mass is 9.85. The molecule has 0 spiro atoms. The third-order valence-corrected chi connectivity index (χ3v) is 23.6. The number of rotatable bonds is 24. The van der Waals surface area contributed by atoms with E-state index in [-0.39, 0.29) is 29.7 Å². The van der Waals surface area contributed by atoms with Crippen LogP contribution in [0.5, 0.6) is 0 Å². The number of hydrogen-bond acceptors (Lipinski definition) is 6. The van der Waals surface area contributed by atoms with Crippen molar-refractivity contribution in [3.63, 3.8) is 0 Å². The molecule has 0 aromatic heterocycles. The van der Waals surface area contributed by atoms with E-state index in [1.165, 1.54) is 15.9 Å². The molecule has 0 saturated carbocycles. The Morgan fingerprint density at radius 1 is 0.585 bits per heavy atom. The lowest BCUT2D eigenvalue weighted by Gasteiger charge is -2.46. The summed E-state index contributed by atoms with van der Waals surface area (Å²) in [4.78, 5) is 0. The van der Waals surface area contributed by atoms with E-state index in [2.05, 4.69) is 187 Å². The molecule has 1 heterocycles. The number of aliphatic hydroxyl groups is 2. The summed E-state index contributed by atoms with van der Waals surface area (Å²) in [5, 5.41) is 28.6. The van der Waals surface area contributed by atoms with Gasteiger partial charge < -0.3 is 28.5 Å². The van der Waals surface area contributed by atoms with Crippen molar-refractivity contribution < 1.29 is 28.5 Å². The summed E-state index contributed by atoms with van der Waals surface area (Å²) in [7, 11) is -5.95. The molecule has 2 atom stereocenters. The molecule has 0 unspecified atom stereocenters. The summed E-state index contributed by atoms with van der Waals surface area (Å²) in [6.07, 6.45) is 12.3. The molecule has 1 aliphatic rings. The maximum atomic E-state index is 13.2. The molecule has 0 amide bonds. The highest BCUT2D eigenvalue weighted by atomic mass is 28.4. The molecular weight excluding hydrogens is 837 g/mol. The van der Waals surface area contributed by atoms with Crippen molar-refractivity contribution in [3.05, 3.63) is 169 Å². The van der Waals surface area contributed by atoms with Gasteiger partial charge in [0.15, 0.2) is 5.79 Å². The van der Waals surface area contributed by atoms with E-state index in [0.29, 0.717) is 19.8 Å². The van der Waals surface area contributed by atoms with Crippen molar-refractivity contribution in [3.8, 4) is 0 Å². The molecule has 1 fully saturated rings. The number of ether oxygens (including phenoxy) is 2. The molecule has 5 aromatic rings. The van der Waals surface area contributed by atoms with Gasteiger partial charge in [-0.25, -0.2) is 0 Å². The fraction of sp³-hybridized carbons (Fsp3) is 0.439. The second-order valence-electron chi connectivity index (χ2n) is 20.1. The molecule has 1 aliphatic heterocycles. The van der Waals surface area contributed by atoms with Gasteiger partial charge in [-0.15, -0.1) is 0 Å². The van der Waals surface area contributed by atoms with Crippen molar-refractivity contribution in [2.45, 2.75) is 121 Å². The van der Waals surface area contributed by atoms with Crippen LogP contribution in [0.1, 0.15) is 98.5 Å². The zero-order chi connectivity index (χ0) is 46.3. The topological polar surface area (TPSA) is 77.4 Å². The van der Waals surface area contributed by atoms with Gasteiger partial charge in [0, 0.05) is 31.8 Å². The number of benzene rings is 5. The molecule has 0 bridgehead atoms. The van der Waals surface area contributed by atoms with Crippen molar-refractivity contribution in [1.82, 2.24) is 0 Å². The van der Waals surface area contributed by atoms with Crippen LogP contribution in [0.3, 0.4) is 0 Å². The normalized spacial score (nSPS) is 16.1. The summed E-state index contributed by atoms with van der Waals surface area (Å²) in [6, 6.07) is 53.0. The molecule has 348 valence electrons.